The lowest BCUT2D eigenvalue weighted by Gasteiger charge is -2.21. The molecule has 0 aromatic rings. The van der Waals surface area contributed by atoms with Gasteiger partial charge in [-0.25, -0.2) is 0 Å². The van der Waals surface area contributed by atoms with Crippen LogP contribution in [0.3, 0.4) is 0 Å². The minimum Gasteiger partial charge on any atom is -0.462 e. The molecule has 2 aliphatic rings. The first kappa shape index (κ1) is 6.20. The Morgan fingerprint density at radius 1 is 1.30 bits per heavy atom. The van der Waals surface area contributed by atoms with Gasteiger partial charge in [0.05, 0.1) is 6.42 Å². The third kappa shape index (κ3) is 0.917. The van der Waals surface area contributed by atoms with Crippen molar-refractivity contribution in [3.05, 3.63) is 0 Å². The number of esters is 1. The molecule has 1 aliphatic heterocycles. The van der Waals surface area contributed by atoms with Gasteiger partial charge in [0, 0.05) is 5.92 Å². The third-order valence-corrected chi connectivity index (χ3v) is 2.55. The van der Waals surface area contributed by atoms with Crippen LogP contribution in [-0.4, -0.2) is 12.1 Å². The molecule has 1 saturated carbocycles. The number of ether oxygens (including phenoxy) is 1. The predicted octanol–water partition coefficient (Wildman–Crippen LogP) is 1.49. The van der Waals surface area contributed by atoms with Gasteiger partial charge in [-0.05, 0) is 19.3 Å². The molecule has 2 atom stereocenters. The smallest absolute Gasteiger partial charge is 0.306 e. The highest BCUT2D eigenvalue weighted by molar-refractivity contribution is 5.72. The van der Waals surface area contributed by atoms with E-state index in [1.165, 1.54) is 19.3 Å². The molecule has 0 N–H and O–H groups in total. The molecule has 1 aliphatic carbocycles. The molecule has 0 unspecified atom stereocenters. The van der Waals surface area contributed by atoms with Crippen molar-refractivity contribution in [1.82, 2.24) is 0 Å². The van der Waals surface area contributed by atoms with Crippen LogP contribution in [0.2, 0.25) is 0 Å². The maximum absolute atomic E-state index is 10.8. The van der Waals surface area contributed by atoms with Crippen LogP contribution in [0.15, 0.2) is 0 Å². The molecule has 2 fully saturated rings. The van der Waals surface area contributed by atoms with Crippen molar-refractivity contribution in [2.45, 2.75) is 38.2 Å². The molecule has 10 heavy (non-hydrogen) atoms. The number of fused-ring (bicyclic) bond motifs is 1. The van der Waals surface area contributed by atoms with E-state index in [4.69, 9.17) is 4.74 Å². The monoisotopic (exact) mass is 140 g/mol. The largest absolute Gasteiger partial charge is 0.462 e. The number of carbonyl (C=O) groups is 1. The molecule has 2 rings (SSSR count). The molecule has 1 saturated heterocycles. The van der Waals surface area contributed by atoms with Gasteiger partial charge in [-0.15, -0.1) is 0 Å². The maximum atomic E-state index is 10.8. The Morgan fingerprint density at radius 3 is 2.90 bits per heavy atom. The second kappa shape index (κ2) is 2.26. The summed E-state index contributed by atoms with van der Waals surface area (Å²) in [5.74, 6) is 0.596. The van der Waals surface area contributed by atoms with E-state index >= 15 is 0 Å². The zero-order valence-electron chi connectivity index (χ0n) is 6.01. The minimum atomic E-state index is 0.0249. The SMILES string of the molecule is O=C1C[C@@H]2CCCC[C@@H]2O1. The first-order valence-corrected chi connectivity index (χ1v) is 4.06. The molecular formula is C8H12O2. The summed E-state index contributed by atoms with van der Waals surface area (Å²) in [7, 11) is 0. The molecule has 56 valence electrons. The van der Waals surface area contributed by atoms with Crippen LogP contribution in [0.25, 0.3) is 0 Å². The van der Waals surface area contributed by atoms with Crippen molar-refractivity contribution in [3.63, 3.8) is 0 Å². The van der Waals surface area contributed by atoms with Crippen LogP contribution < -0.4 is 0 Å². The highest BCUT2D eigenvalue weighted by atomic mass is 16.5. The van der Waals surface area contributed by atoms with Crippen molar-refractivity contribution in [2.24, 2.45) is 5.92 Å². The van der Waals surface area contributed by atoms with Crippen molar-refractivity contribution in [2.75, 3.05) is 0 Å². The number of hydrogen-bond acceptors (Lipinski definition) is 2. The molecule has 0 aromatic heterocycles. The lowest BCUT2D eigenvalue weighted by Crippen LogP contribution is -2.19. The van der Waals surface area contributed by atoms with E-state index in [-0.39, 0.29) is 5.97 Å². The highest BCUT2D eigenvalue weighted by Gasteiger charge is 2.35. The van der Waals surface area contributed by atoms with Gasteiger partial charge in [0.2, 0.25) is 0 Å². The Bertz CT molecular complexity index is 137. The van der Waals surface area contributed by atoms with E-state index in [2.05, 4.69) is 0 Å². The zero-order valence-corrected chi connectivity index (χ0v) is 6.01. The molecule has 2 heteroatoms. The predicted molar refractivity (Wildman–Crippen MR) is 36.5 cm³/mol. The fourth-order valence-corrected chi connectivity index (χ4v) is 1.99. The molecule has 1 heterocycles. The lowest BCUT2D eigenvalue weighted by atomic mass is 9.86. The summed E-state index contributed by atoms with van der Waals surface area (Å²) in [6, 6.07) is 0. The van der Waals surface area contributed by atoms with Crippen LogP contribution in [0, 0.1) is 5.92 Å². The molecular weight excluding hydrogens is 128 g/mol. The second-order valence-corrected chi connectivity index (χ2v) is 3.28. The first-order valence-electron chi connectivity index (χ1n) is 4.06. The van der Waals surface area contributed by atoms with Crippen LogP contribution in [0.1, 0.15) is 32.1 Å². The first-order chi connectivity index (χ1) is 4.86. The topological polar surface area (TPSA) is 26.3 Å². The van der Waals surface area contributed by atoms with Gasteiger partial charge in [0.25, 0.3) is 0 Å². The van der Waals surface area contributed by atoms with E-state index in [1.54, 1.807) is 0 Å². The van der Waals surface area contributed by atoms with Crippen molar-refractivity contribution >= 4 is 5.97 Å². The molecule has 0 bridgehead atoms. The van der Waals surface area contributed by atoms with Crippen molar-refractivity contribution in [1.29, 1.82) is 0 Å². The fourth-order valence-electron chi connectivity index (χ4n) is 1.99. The number of carbonyl (C=O) groups excluding carboxylic acids is 1. The van der Waals surface area contributed by atoms with E-state index in [0.717, 1.165) is 6.42 Å². The lowest BCUT2D eigenvalue weighted by molar-refractivity contribution is -0.141. The standard InChI is InChI=1S/C8H12O2/c9-8-5-6-3-1-2-4-7(6)10-8/h6-7H,1-5H2/t6-,7-/m0/s1. The van der Waals surface area contributed by atoms with E-state index in [1.807, 2.05) is 0 Å². The molecule has 0 radical (unpaired) electrons. The van der Waals surface area contributed by atoms with Crippen LogP contribution in [0.5, 0.6) is 0 Å². The van der Waals surface area contributed by atoms with E-state index in [9.17, 15) is 4.79 Å². The normalized spacial score (nSPS) is 39.0. The molecule has 0 amide bonds. The summed E-state index contributed by atoms with van der Waals surface area (Å²) in [4.78, 5) is 10.8. The molecule has 0 spiro atoms. The van der Waals surface area contributed by atoms with E-state index < -0.39 is 0 Å². The zero-order chi connectivity index (χ0) is 6.97. The Morgan fingerprint density at radius 2 is 2.10 bits per heavy atom. The third-order valence-electron chi connectivity index (χ3n) is 2.55. The van der Waals surface area contributed by atoms with Gasteiger partial charge in [-0.2, -0.15) is 0 Å². The summed E-state index contributed by atoms with van der Waals surface area (Å²) in [6.07, 6.45) is 5.82. The Hall–Kier alpha value is -0.530. The fraction of sp³-hybridized carbons (Fsp3) is 0.875. The summed E-state index contributed by atoms with van der Waals surface area (Å²) < 4.78 is 5.13. The van der Waals surface area contributed by atoms with Gasteiger partial charge < -0.3 is 4.74 Å². The van der Waals surface area contributed by atoms with Crippen molar-refractivity contribution < 1.29 is 9.53 Å². The number of hydrogen-bond donors (Lipinski definition) is 0. The Kier molecular flexibility index (Phi) is 1.40. The second-order valence-electron chi connectivity index (χ2n) is 3.28. The van der Waals surface area contributed by atoms with Gasteiger partial charge in [0.15, 0.2) is 0 Å². The van der Waals surface area contributed by atoms with Crippen LogP contribution >= 0.6 is 0 Å². The van der Waals surface area contributed by atoms with Gasteiger partial charge >= 0.3 is 5.97 Å². The van der Waals surface area contributed by atoms with Gasteiger partial charge in [0.1, 0.15) is 6.10 Å². The maximum Gasteiger partial charge on any atom is 0.306 e. The average Bonchev–Trinajstić information content (AvgIpc) is 2.27. The number of rotatable bonds is 0. The summed E-state index contributed by atoms with van der Waals surface area (Å²) in [6.45, 7) is 0. The van der Waals surface area contributed by atoms with Gasteiger partial charge in [-0.1, -0.05) is 6.42 Å². The van der Waals surface area contributed by atoms with Crippen molar-refractivity contribution in [3.8, 4) is 0 Å². The minimum absolute atomic E-state index is 0.0249. The summed E-state index contributed by atoms with van der Waals surface area (Å²) >= 11 is 0. The van der Waals surface area contributed by atoms with Gasteiger partial charge in [-0.3, -0.25) is 4.79 Å². The van der Waals surface area contributed by atoms with Crippen LogP contribution in [0.4, 0.5) is 0 Å². The quantitative estimate of drug-likeness (QED) is 0.476. The molecule has 2 nitrogen and oxygen atoms in total. The average molecular weight is 140 g/mol. The van der Waals surface area contributed by atoms with Crippen LogP contribution in [-0.2, 0) is 9.53 Å². The Balaban J connectivity index is 2.04. The summed E-state index contributed by atoms with van der Waals surface area (Å²) in [5.41, 5.74) is 0. The Labute approximate surface area is 60.6 Å². The highest BCUT2D eigenvalue weighted by Crippen LogP contribution is 2.34. The summed E-state index contributed by atoms with van der Waals surface area (Å²) in [5, 5.41) is 0. The van der Waals surface area contributed by atoms with E-state index in [0.29, 0.717) is 18.4 Å². The molecule has 0 aromatic carbocycles.